The molecule has 0 saturated heterocycles. The van der Waals surface area contributed by atoms with Crippen LogP contribution in [0.5, 0.6) is 0 Å². The number of likely N-dealkylation sites (N-methyl/N-ethyl adjacent to an activating group) is 1. The SMILES string of the molecule is CN(CCc1cccs1)S(=O)(=O)c1ccc(C#N)nc1. The summed E-state index contributed by atoms with van der Waals surface area (Å²) in [5, 5.41) is 10.6. The second-order valence-corrected chi connectivity index (χ2v) is 7.22. The number of thiophene rings is 1. The van der Waals surface area contributed by atoms with Crippen LogP contribution in [-0.2, 0) is 16.4 Å². The van der Waals surface area contributed by atoms with Crippen LogP contribution < -0.4 is 0 Å². The van der Waals surface area contributed by atoms with E-state index >= 15 is 0 Å². The minimum Gasteiger partial charge on any atom is -0.244 e. The van der Waals surface area contributed by atoms with Crippen molar-refractivity contribution in [1.82, 2.24) is 9.29 Å². The van der Waals surface area contributed by atoms with E-state index in [2.05, 4.69) is 4.98 Å². The maximum Gasteiger partial charge on any atom is 0.244 e. The molecule has 0 amide bonds. The Morgan fingerprint density at radius 1 is 1.40 bits per heavy atom. The van der Waals surface area contributed by atoms with Gasteiger partial charge in [-0.05, 0) is 30.0 Å². The van der Waals surface area contributed by atoms with E-state index in [9.17, 15) is 8.42 Å². The lowest BCUT2D eigenvalue weighted by atomic mass is 10.3. The van der Waals surface area contributed by atoms with Gasteiger partial charge in [-0.3, -0.25) is 0 Å². The molecule has 0 saturated carbocycles. The molecular weight excluding hydrogens is 294 g/mol. The average molecular weight is 307 g/mol. The molecule has 0 bridgehead atoms. The van der Waals surface area contributed by atoms with Crippen molar-refractivity contribution in [3.8, 4) is 6.07 Å². The molecule has 0 spiro atoms. The van der Waals surface area contributed by atoms with Crippen LogP contribution >= 0.6 is 11.3 Å². The van der Waals surface area contributed by atoms with E-state index in [1.54, 1.807) is 18.4 Å². The Hall–Kier alpha value is -1.75. The standard InChI is InChI=1S/C13H13N3O2S2/c1-16(7-6-12-3-2-8-19-12)20(17,18)13-5-4-11(9-14)15-10-13/h2-5,8,10H,6-7H2,1H3. The summed E-state index contributed by atoms with van der Waals surface area (Å²) in [7, 11) is -2.01. The third-order valence-corrected chi connectivity index (χ3v) is 5.59. The maximum absolute atomic E-state index is 12.3. The summed E-state index contributed by atoms with van der Waals surface area (Å²) in [5.41, 5.74) is 0.199. The van der Waals surface area contributed by atoms with Crippen molar-refractivity contribution in [3.63, 3.8) is 0 Å². The topological polar surface area (TPSA) is 74.1 Å². The van der Waals surface area contributed by atoms with Crippen molar-refractivity contribution >= 4 is 21.4 Å². The van der Waals surface area contributed by atoms with Crippen LogP contribution in [0.1, 0.15) is 10.6 Å². The van der Waals surface area contributed by atoms with Crippen molar-refractivity contribution in [2.45, 2.75) is 11.3 Å². The molecule has 0 aliphatic carbocycles. The van der Waals surface area contributed by atoms with Crippen molar-refractivity contribution in [3.05, 3.63) is 46.4 Å². The molecular formula is C13H13N3O2S2. The van der Waals surface area contributed by atoms with Crippen molar-refractivity contribution < 1.29 is 8.42 Å². The summed E-state index contributed by atoms with van der Waals surface area (Å²) in [6, 6.07) is 8.59. The number of nitrogens with zero attached hydrogens (tertiary/aromatic N) is 3. The van der Waals surface area contributed by atoms with Gasteiger partial charge >= 0.3 is 0 Å². The molecule has 7 heteroatoms. The van der Waals surface area contributed by atoms with Gasteiger partial charge in [0.15, 0.2) is 0 Å². The second kappa shape index (κ2) is 6.13. The van der Waals surface area contributed by atoms with Crippen molar-refractivity contribution in [2.75, 3.05) is 13.6 Å². The van der Waals surface area contributed by atoms with Crippen LogP contribution in [0.15, 0.2) is 40.7 Å². The fraction of sp³-hybridized carbons (Fsp3) is 0.231. The van der Waals surface area contributed by atoms with E-state index in [0.717, 1.165) is 4.88 Å². The minimum absolute atomic E-state index is 0.102. The predicted molar refractivity (Wildman–Crippen MR) is 76.8 cm³/mol. The third-order valence-electron chi connectivity index (χ3n) is 2.81. The summed E-state index contributed by atoms with van der Waals surface area (Å²) in [6.07, 6.45) is 1.90. The summed E-state index contributed by atoms with van der Waals surface area (Å²) >= 11 is 1.61. The van der Waals surface area contributed by atoms with E-state index in [0.29, 0.717) is 13.0 Å². The van der Waals surface area contributed by atoms with E-state index in [4.69, 9.17) is 5.26 Å². The van der Waals surface area contributed by atoms with E-state index in [-0.39, 0.29) is 10.6 Å². The fourth-order valence-corrected chi connectivity index (χ4v) is 3.44. The van der Waals surface area contributed by atoms with Crippen LogP contribution in [0, 0.1) is 11.3 Å². The van der Waals surface area contributed by atoms with Gasteiger partial charge in [-0.2, -0.15) is 5.26 Å². The molecule has 0 aliphatic rings. The van der Waals surface area contributed by atoms with Crippen LogP contribution in [0.25, 0.3) is 0 Å². The lowest BCUT2D eigenvalue weighted by molar-refractivity contribution is 0.473. The average Bonchev–Trinajstić information content (AvgIpc) is 2.98. The number of nitriles is 1. The Labute approximate surface area is 122 Å². The van der Waals surface area contributed by atoms with Gasteiger partial charge in [0.1, 0.15) is 16.7 Å². The van der Waals surface area contributed by atoms with Crippen LogP contribution in [-0.4, -0.2) is 31.3 Å². The highest BCUT2D eigenvalue weighted by Crippen LogP contribution is 2.15. The fourth-order valence-electron chi connectivity index (χ4n) is 1.62. The van der Waals surface area contributed by atoms with Gasteiger partial charge in [0.2, 0.25) is 10.0 Å². The predicted octanol–water partition coefficient (Wildman–Crippen LogP) is 1.88. The Morgan fingerprint density at radius 3 is 2.75 bits per heavy atom. The summed E-state index contributed by atoms with van der Waals surface area (Å²) in [5.74, 6) is 0. The zero-order valence-electron chi connectivity index (χ0n) is 10.9. The van der Waals surface area contributed by atoms with Crippen molar-refractivity contribution in [1.29, 1.82) is 5.26 Å². The molecule has 0 aliphatic heterocycles. The van der Waals surface area contributed by atoms with E-state index in [1.165, 1.54) is 22.6 Å². The molecule has 0 unspecified atom stereocenters. The third kappa shape index (κ3) is 3.22. The quantitative estimate of drug-likeness (QED) is 0.845. The lowest BCUT2D eigenvalue weighted by Gasteiger charge is -2.16. The minimum atomic E-state index is -3.55. The number of hydrogen-bond donors (Lipinski definition) is 0. The number of pyridine rings is 1. The number of hydrogen-bond acceptors (Lipinski definition) is 5. The molecule has 2 rings (SSSR count). The largest absolute Gasteiger partial charge is 0.244 e. The number of rotatable bonds is 5. The number of sulfonamides is 1. The number of aromatic nitrogens is 1. The molecule has 0 aromatic carbocycles. The highest BCUT2D eigenvalue weighted by molar-refractivity contribution is 7.89. The van der Waals surface area contributed by atoms with Gasteiger partial charge in [-0.1, -0.05) is 6.07 Å². The van der Waals surface area contributed by atoms with Gasteiger partial charge in [0.25, 0.3) is 0 Å². The Kier molecular flexibility index (Phi) is 4.49. The molecule has 0 N–H and O–H groups in total. The molecule has 0 fully saturated rings. The van der Waals surface area contributed by atoms with Crippen LogP contribution in [0.3, 0.4) is 0 Å². The molecule has 104 valence electrons. The zero-order valence-corrected chi connectivity index (χ0v) is 12.5. The summed E-state index contributed by atoms with van der Waals surface area (Å²) in [4.78, 5) is 5.04. The molecule has 0 atom stereocenters. The Morgan fingerprint density at radius 2 is 2.20 bits per heavy atom. The van der Waals surface area contributed by atoms with E-state index < -0.39 is 10.0 Å². The smallest absolute Gasteiger partial charge is 0.244 e. The van der Waals surface area contributed by atoms with Crippen molar-refractivity contribution in [2.24, 2.45) is 0 Å². The lowest BCUT2D eigenvalue weighted by Crippen LogP contribution is -2.29. The second-order valence-electron chi connectivity index (χ2n) is 4.15. The van der Waals surface area contributed by atoms with Crippen LogP contribution in [0.4, 0.5) is 0 Å². The molecule has 2 aromatic rings. The molecule has 20 heavy (non-hydrogen) atoms. The van der Waals surface area contributed by atoms with Gasteiger partial charge in [-0.15, -0.1) is 11.3 Å². The summed E-state index contributed by atoms with van der Waals surface area (Å²) in [6.45, 7) is 0.406. The first kappa shape index (κ1) is 14.7. The molecule has 2 aromatic heterocycles. The monoisotopic (exact) mass is 307 g/mol. The van der Waals surface area contributed by atoms with Gasteiger partial charge < -0.3 is 0 Å². The maximum atomic E-state index is 12.3. The highest BCUT2D eigenvalue weighted by Gasteiger charge is 2.20. The molecule has 2 heterocycles. The molecule has 0 radical (unpaired) electrons. The Bertz CT molecular complexity index is 701. The van der Waals surface area contributed by atoms with E-state index in [1.807, 2.05) is 23.6 Å². The first-order valence-corrected chi connectivity index (χ1v) is 8.21. The van der Waals surface area contributed by atoms with Gasteiger partial charge in [-0.25, -0.2) is 17.7 Å². The first-order chi connectivity index (χ1) is 9.54. The highest BCUT2D eigenvalue weighted by atomic mass is 32.2. The van der Waals surface area contributed by atoms with Crippen LogP contribution in [0.2, 0.25) is 0 Å². The van der Waals surface area contributed by atoms with Gasteiger partial charge in [0, 0.05) is 24.7 Å². The first-order valence-electron chi connectivity index (χ1n) is 5.89. The summed E-state index contributed by atoms with van der Waals surface area (Å²) < 4.78 is 25.9. The Balaban J connectivity index is 2.10. The van der Waals surface area contributed by atoms with Gasteiger partial charge in [0.05, 0.1) is 0 Å². The molecule has 5 nitrogen and oxygen atoms in total. The zero-order chi connectivity index (χ0) is 14.6. The normalized spacial score (nSPS) is 11.4.